The van der Waals surface area contributed by atoms with Gasteiger partial charge in [0.15, 0.2) is 0 Å². The molecule has 0 aliphatic carbocycles. The zero-order valence-corrected chi connectivity index (χ0v) is 14.9. The molecule has 0 radical (unpaired) electrons. The molecular formula is C20H18N2O3S. The Morgan fingerprint density at radius 3 is 2.65 bits per heavy atom. The quantitative estimate of drug-likeness (QED) is 0.667. The fourth-order valence-corrected chi connectivity index (χ4v) is 4.30. The summed E-state index contributed by atoms with van der Waals surface area (Å²) in [6.07, 6.45) is 0.661. The SMILES string of the molecule is O=C1CCC(N2Cc3cc(SCc4ccccc4)ccc3C2=O)C(=O)N1. The summed E-state index contributed by atoms with van der Waals surface area (Å²) in [4.78, 5) is 38.8. The van der Waals surface area contributed by atoms with E-state index in [1.54, 1.807) is 16.7 Å². The summed E-state index contributed by atoms with van der Waals surface area (Å²) in [5.41, 5.74) is 2.84. The maximum atomic E-state index is 12.7. The smallest absolute Gasteiger partial charge is 0.255 e. The Balaban J connectivity index is 1.48. The number of thioether (sulfide) groups is 1. The van der Waals surface area contributed by atoms with Crippen LogP contribution >= 0.6 is 11.8 Å². The third-order valence-electron chi connectivity index (χ3n) is 4.74. The van der Waals surface area contributed by atoms with Crippen molar-refractivity contribution in [1.29, 1.82) is 0 Å². The number of hydrogen-bond acceptors (Lipinski definition) is 4. The number of rotatable bonds is 4. The number of carbonyl (C=O) groups is 3. The Morgan fingerprint density at radius 1 is 1.08 bits per heavy atom. The number of nitrogens with one attached hydrogen (secondary N) is 1. The van der Waals surface area contributed by atoms with E-state index in [0.717, 1.165) is 16.2 Å². The highest BCUT2D eigenvalue weighted by Gasteiger charge is 2.39. The van der Waals surface area contributed by atoms with Crippen molar-refractivity contribution in [2.75, 3.05) is 0 Å². The van der Waals surface area contributed by atoms with Gasteiger partial charge in [-0.05, 0) is 35.7 Å². The van der Waals surface area contributed by atoms with Crippen LogP contribution in [0.5, 0.6) is 0 Å². The summed E-state index contributed by atoms with van der Waals surface area (Å²) >= 11 is 1.72. The Labute approximate surface area is 155 Å². The predicted molar refractivity (Wildman–Crippen MR) is 98.5 cm³/mol. The minimum Gasteiger partial charge on any atom is -0.322 e. The number of imide groups is 1. The van der Waals surface area contributed by atoms with Crippen molar-refractivity contribution >= 4 is 29.5 Å². The van der Waals surface area contributed by atoms with Crippen molar-refractivity contribution < 1.29 is 14.4 Å². The highest BCUT2D eigenvalue weighted by molar-refractivity contribution is 7.98. The Morgan fingerprint density at radius 2 is 1.88 bits per heavy atom. The summed E-state index contributed by atoms with van der Waals surface area (Å²) in [5.74, 6) is 0.0925. The van der Waals surface area contributed by atoms with Gasteiger partial charge in [0.2, 0.25) is 11.8 Å². The van der Waals surface area contributed by atoms with Crippen molar-refractivity contribution in [2.24, 2.45) is 0 Å². The maximum Gasteiger partial charge on any atom is 0.255 e. The van der Waals surface area contributed by atoms with E-state index in [-0.39, 0.29) is 24.1 Å². The maximum absolute atomic E-state index is 12.7. The van der Waals surface area contributed by atoms with Crippen LogP contribution in [-0.2, 0) is 21.9 Å². The lowest BCUT2D eigenvalue weighted by Crippen LogP contribution is -2.52. The van der Waals surface area contributed by atoms with Gasteiger partial charge in [-0.15, -0.1) is 11.8 Å². The van der Waals surface area contributed by atoms with Crippen LogP contribution in [0.2, 0.25) is 0 Å². The first kappa shape index (κ1) is 16.8. The molecular weight excluding hydrogens is 348 g/mol. The van der Waals surface area contributed by atoms with E-state index in [0.29, 0.717) is 18.5 Å². The van der Waals surface area contributed by atoms with Crippen molar-refractivity contribution in [3.63, 3.8) is 0 Å². The van der Waals surface area contributed by atoms with Crippen LogP contribution in [0.25, 0.3) is 0 Å². The number of amides is 3. The molecule has 2 aliphatic rings. The molecule has 4 rings (SSSR count). The molecule has 2 aromatic rings. The Kier molecular flexibility index (Phi) is 4.51. The molecule has 1 unspecified atom stereocenters. The lowest BCUT2D eigenvalue weighted by molar-refractivity contribution is -0.136. The standard InChI is InChI=1S/C20H18N2O3S/c23-18-9-8-17(19(24)21-18)22-11-14-10-15(6-7-16(14)20(22)25)26-12-13-4-2-1-3-5-13/h1-7,10,17H,8-9,11-12H2,(H,21,23,24). The number of nitrogens with zero attached hydrogens (tertiary/aromatic N) is 1. The molecule has 26 heavy (non-hydrogen) atoms. The van der Waals surface area contributed by atoms with Gasteiger partial charge >= 0.3 is 0 Å². The third-order valence-corrected chi connectivity index (χ3v) is 5.81. The number of fused-ring (bicyclic) bond motifs is 1. The number of carbonyl (C=O) groups excluding carboxylic acids is 3. The molecule has 1 N–H and O–H groups in total. The molecule has 3 amide bonds. The molecule has 1 fully saturated rings. The Hall–Kier alpha value is -2.60. The van der Waals surface area contributed by atoms with Crippen LogP contribution in [0.3, 0.4) is 0 Å². The normalized spacial score (nSPS) is 19.5. The monoisotopic (exact) mass is 366 g/mol. The lowest BCUT2D eigenvalue weighted by atomic mass is 10.0. The summed E-state index contributed by atoms with van der Waals surface area (Å²) < 4.78 is 0. The van der Waals surface area contributed by atoms with Gasteiger partial charge in [0.25, 0.3) is 5.91 Å². The number of hydrogen-bond donors (Lipinski definition) is 1. The minimum atomic E-state index is -0.562. The molecule has 0 bridgehead atoms. The molecule has 2 aliphatic heterocycles. The fourth-order valence-electron chi connectivity index (χ4n) is 3.38. The summed E-state index contributed by atoms with van der Waals surface area (Å²) in [6, 6.07) is 15.5. The van der Waals surface area contributed by atoms with Gasteiger partial charge in [-0.1, -0.05) is 30.3 Å². The van der Waals surface area contributed by atoms with E-state index in [9.17, 15) is 14.4 Å². The van der Waals surface area contributed by atoms with E-state index < -0.39 is 6.04 Å². The predicted octanol–water partition coefficient (Wildman–Crippen LogP) is 2.74. The largest absolute Gasteiger partial charge is 0.322 e. The van der Waals surface area contributed by atoms with Crippen molar-refractivity contribution in [1.82, 2.24) is 10.2 Å². The van der Waals surface area contributed by atoms with E-state index in [2.05, 4.69) is 17.4 Å². The molecule has 2 heterocycles. The van der Waals surface area contributed by atoms with Crippen molar-refractivity contribution in [3.8, 4) is 0 Å². The topological polar surface area (TPSA) is 66.5 Å². The summed E-state index contributed by atoms with van der Waals surface area (Å²) in [6.45, 7) is 0.417. The number of piperidine rings is 1. The molecule has 132 valence electrons. The van der Waals surface area contributed by atoms with Crippen molar-refractivity contribution in [3.05, 3.63) is 65.2 Å². The van der Waals surface area contributed by atoms with Crippen LogP contribution in [-0.4, -0.2) is 28.7 Å². The first-order valence-corrected chi connectivity index (χ1v) is 9.55. The fraction of sp³-hybridized carbons (Fsp3) is 0.250. The first-order valence-electron chi connectivity index (χ1n) is 8.56. The summed E-state index contributed by atoms with van der Waals surface area (Å²) in [5, 5.41) is 2.33. The lowest BCUT2D eigenvalue weighted by Gasteiger charge is -2.29. The third kappa shape index (κ3) is 3.24. The average Bonchev–Trinajstić information content (AvgIpc) is 2.97. The average molecular weight is 366 g/mol. The highest BCUT2D eigenvalue weighted by atomic mass is 32.2. The van der Waals surface area contributed by atoms with Gasteiger partial charge in [-0.25, -0.2) is 0 Å². The van der Waals surface area contributed by atoms with Gasteiger partial charge in [0.05, 0.1) is 0 Å². The van der Waals surface area contributed by atoms with E-state index in [1.807, 2.05) is 36.4 Å². The second-order valence-corrected chi connectivity index (χ2v) is 7.54. The molecule has 2 aromatic carbocycles. The van der Waals surface area contributed by atoms with Crippen LogP contribution in [0.1, 0.15) is 34.3 Å². The molecule has 0 aromatic heterocycles. The highest BCUT2D eigenvalue weighted by Crippen LogP contribution is 2.31. The van der Waals surface area contributed by atoms with E-state index in [1.165, 1.54) is 5.56 Å². The van der Waals surface area contributed by atoms with Gasteiger partial charge in [0.1, 0.15) is 6.04 Å². The first-order chi connectivity index (χ1) is 12.6. The van der Waals surface area contributed by atoms with Gasteiger partial charge in [-0.3, -0.25) is 19.7 Å². The molecule has 6 heteroatoms. The minimum absolute atomic E-state index is 0.130. The molecule has 1 atom stereocenters. The molecule has 0 saturated carbocycles. The van der Waals surface area contributed by atoms with Crippen LogP contribution in [0, 0.1) is 0 Å². The van der Waals surface area contributed by atoms with Gasteiger partial charge < -0.3 is 4.90 Å². The van der Waals surface area contributed by atoms with Crippen molar-refractivity contribution in [2.45, 2.75) is 36.1 Å². The zero-order valence-electron chi connectivity index (χ0n) is 14.1. The second-order valence-electron chi connectivity index (χ2n) is 6.49. The van der Waals surface area contributed by atoms with Crippen LogP contribution < -0.4 is 5.32 Å². The molecule has 5 nitrogen and oxygen atoms in total. The summed E-state index contributed by atoms with van der Waals surface area (Å²) in [7, 11) is 0. The van der Waals surface area contributed by atoms with Crippen LogP contribution in [0.4, 0.5) is 0 Å². The second kappa shape index (κ2) is 6.96. The molecule has 0 spiro atoms. The van der Waals surface area contributed by atoms with Gasteiger partial charge in [0, 0.05) is 29.2 Å². The molecule has 1 saturated heterocycles. The van der Waals surface area contributed by atoms with Crippen LogP contribution in [0.15, 0.2) is 53.4 Å². The number of benzene rings is 2. The van der Waals surface area contributed by atoms with Gasteiger partial charge in [-0.2, -0.15) is 0 Å². The van der Waals surface area contributed by atoms with E-state index in [4.69, 9.17) is 0 Å². The van der Waals surface area contributed by atoms with E-state index >= 15 is 0 Å². The Bertz CT molecular complexity index is 882. The zero-order chi connectivity index (χ0) is 18.1.